The van der Waals surface area contributed by atoms with Crippen LogP contribution in [0.1, 0.15) is 58.6 Å². The van der Waals surface area contributed by atoms with Gasteiger partial charge in [-0.05, 0) is 22.5 Å². The van der Waals surface area contributed by atoms with E-state index in [-0.39, 0.29) is 10.7 Å². The lowest BCUT2D eigenvalue weighted by Gasteiger charge is -2.29. The molecule has 16 heavy (non-hydrogen) atoms. The minimum absolute atomic E-state index is 0.163. The molecule has 0 saturated heterocycles. The highest BCUT2D eigenvalue weighted by Crippen LogP contribution is 2.38. The number of rotatable bonds is 2. The average molecular weight is 214 g/mol. The molecule has 0 spiro atoms. The molecule has 0 heterocycles. The molecule has 1 aromatic rings. The molecule has 86 valence electrons. The summed E-state index contributed by atoms with van der Waals surface area (Å²) in [6.45, 7) is 13.0. The van der Waals surface area contributed by atoms with Gasteiger partial charge in [0.2, 0.25) is 0 Å². The zero-order valence-corrected chi connectivity index (χ0v) is 11.5. The fourth-order valence-electron chi connectivity index (χ4n) is 1.70. The molecule has 1 heteroatoms. The lowest BCUT2D eigenvalue weighted by molar-refractivity contribution is 0.557. The Balaban J connectivity index is 2.96. The second kappa shape index (κ2) is 4.27. The minimum Gasteiger partial charge on any atom is -0.0673 e. The van der Waals surface area contributed by atoms with Gasteiger partial charge in [0.1, 0.15) is 0 Å². The Kier molecular flexibility index (Phi) is 3.57. The van der Waals surface area contributed by atoms with E-state index < -0.39 is 0 Å². The van der Waals surface area contributed by atoms with Crippen molar-refractivity contribution in [2.24, 2.45) is 0 Å². The highest BCUT2D eigenvalue weighted by atomic mass is 14.2. The van der Waals surface area contributed by atoms with E-state index in [1.807, 2.05) is 0 Å². The van der Waals surface area contributed by atoms with Crippen LogP contribution in [0, 0.1) is 0 Å². The van der Waals surface area contributed by atoms with Gasteiger partial charge < -0.3 is 0 Å². The summed E-state index contributed by atoms with van der Waals surface area (Å²) in [7, 11) is 6.13. The topological polar surface area (TPSA) is 0 Å². The third kappa shape index (κ3) is 3.14. The van der Waals surface area contributed by atoms with Crippen LogP contribution in [0.2, 0.25) is 5.31 Å². The molecule has 0 saturated carbocycles. The molecule has 1 aromatic carbocycles. The van der Waals surface area contributed by atoms with Crippen molar-refractivity contribution in [3.05, 3.63) is 35.4 Å². The average Bonchev–Trinajstić information content (AvgIpc) is 2.14. The lowest BCUT2D eigenvalue weighted by Crippen LogP contribution is -2.14. The van der Waals surface area contributed by atoms with E-state index in [1.165, 1.54) is 11.1 Å². The molecule has 0 fully saturated rings. The first-order chi connectivity index (χ1) is 7.12. The van der Waals surface area contributed by atoms with Crippen LogP contribution in [0.15, 0.2) is 24.3 Å². The van der Waals surface area contributed by atoms with Crippen LogP contribution in [-0.2, 0) is 5.41 Å². The second-order valence-electron chi connectivity index (χ2n) is 6.42. The van der Waals surface area contributed by atoms with Crippen LogP contribution < -0.4 is 0 Å². The summed E-state index contributed by atoms with van der Waals surface area (Å²) in [5, 5.41) is -0.163. The Hall–Kier alpha value is -0.715. The van der Waals surface area contributed by atoms with E-state index in [1.54, 1.807) is 0 Å². The summed E-state index contributed by atoms with van der Waals surface area (Å²) >= 11 is 0. The highest BCUT2D eigenvalue weighted by Gasteiger charge is 2.21. The Bertz CT molecular complexity index is 335. The fourth-order valence-corrected chi connectivity index (χ4v) is 1.70. The van der Waals surface area contributed by atoms with Crippen molar-refractivity contribution in [1.82, 2.24) is 0 Å². The van der Waals surface area contributed by atoms with Crippen LogP contribution in [0.3, 0.4) is 0 Å². The number of hydrogen-bond donors (Lipinski definition) is 0. The van der Waals surface area contributed by atoms with Gasteiger partial charge in [0, 0.05) is 0 Å². The summed E-state index contributed by atoms with van der Waals surface area (Å²) in [6, 6.07) is 8.86. The number of hydrogen-bond acceptors (Lipinski definition) is 0. The molecule has 0 bridgehead atoms. The summed E-state index contributed by atoms with van der Waals surface area (Å²) in [5.74, 6) is 0.376. The zero-order valence-electron chi connectivity index (χ0n) is 11.5. The molecule has 1 unspecified atom stereocenters. The lowest BCUT2D eigenvalue weighted by atomic mass is 9.62. The van der Waals surface area contributed by atoms with Crippen molar-refractivity contribution in [2.75, 3.05) is 0 Å². The summed E-state index contributed by atoms with van der Waals surface area (Å²) in [5.41, 5.74) is 2.92. The Morgan fingerprint density at radius 3 is 1.69 bits per heavy atom. The third-order valence-electron chi connectivity index (χ3n) is 3.39. The van der Waals surface area contributed by atoms with Gasteiger partial charge in [-0.15, -0.1) is 0 Å². The van der Waals surface area contributed by atoms with E-state index >= 15 is 0 Å². The first-order valence-electron chi connectivity index (χ1n) is 6.01. The van der Waals surface area contributed by atoms with Crippen molar-refractivity contribution < 1.29 is 0 Å². The largest absolute Gasteiger partial charge is 0.0746 e. The van der Waals surface area contributed by atoms with Gasteiger partial charge in [-0.25, -0.2) is 0 Å². The molecule has 0 aliphatic heterocycles. The Labute approximate surface area is 102 Å². The molecule has 0 nitrogen and oxygen atoms in total. The Morgan fingerprint density at radius 2 is 1.38 bits per heavy atom. The molecule has 0 N–H and O–H groups in total. The van der Waals surface area contributed by atoms with E-state index in [9.17, 15) is 0 Å². The normalized spacial score (nSPS) is 14.9. The maximum Gasteiger partial charge on any atom is 0.0746 e. The fraction of sp³-hybridized carbons (Fsp3) is 0.600. The minimum atomic E-state index is -0.163. The molecule has 1 atom stereocenters. The van der Waals surface area contributed by atoms with Crippen LogP contribution >= 0.6 is 0 Å². The van der Waals surface area contributed by atoms with Gasteiger partial charge in [0.25, 0.3) is 0 Å². The standard InChI is InChI=1S/C15H23B/c1-11(15(5,6)16)12-7-9-13(10-8-12)14(2,3)4/h7-11H,1-6H3. The quantitative estimate of drug-likeness (QED) is 0.638. The maximum atomic E-state index is 6.13. The zero-order chi connectivity index (χ0) is 12.6. The third-order valence-corrected chi connectivity index (χ3v) is 3.39. The van der Waals surface area contributed by atoms with E-state index in [2.05, 4.69) is 65.8 Å². The molecular formula is C15H23B. The van der Waals surface area contributed by atoms with E-state index in [0.717, 1.165) is 0 Å². The van der Waals surface area contributed by atoms with E-state index in [0.29, 0.717) is 5.92 Å². The van der Waals surface area contributed by atoms with Gasteiger partial charge in [-0.1, -0.05) is 71.1 Å². The summed E-state index contributed by atoms with van der Waals surface area (Å²) in [6.07, 6.45) is 0. The van der Waals surface area contributed by atoms with Crippen molar-refractivity contribution in [2.45, 2.75) is 58.2 Å². The highest BCUT2D eigenvalue weighted by molar-refractivity contribution is 6.15. The van der Waals surface area contributed by atoms with Gasteiger partial charge in [0.05, 0.1) is 7.85 Å². The first kappa shape index (κ1) is 13.4. The van der Waals surface area contributed by atoms with Gasteiger partial charge in [0.15, 0.2) is 0 Å². The SMILES string of the molecule is [B]C(C)(C)C(C)c1ccc(C(C)(C)C)cc1. The first-order valence-corrected chi connectivity index (χ1v) is 6.01. The van der Waals surface area contributed by atoms with Crippen molar-refractivity contribution in [3.63, 3.8) is 0 Å². The molecule has 0 aliphatic carbocycles. The van der Waals surface area contributed by atoms with Crippen molar-refractivity contribution in [1.29, 1.82) is 0 Å². The molecule has 0 aliphatic rings. The van der Waals surface area contributed by atoms with E-state index in [4.69, 9.17) is 7.85 Å². The number of benzene rings is 1. The molecule has 0 aromatic heterocycles. The summed E-state index contributed by atoms with van der Waals surface area (Å²) in [4.78, 5) is 0. The monoisotopic (exact) mass is 214 g/mol. The maximum absolute atomic E-state index is 6.13. The van der Waals surface area contributed by atoms with Crippen LogP contribution in [-0.4, -0.2) is 7.85 Å². The molecule has 0 amide bonds. The second-order valence-corrected chi connectivity index (χ2v) is 6.42. The summed E-state index contributed by atoms with van der Waals surface area (Å²) < 4.78 is 0. The molecule has 1 rings (SSSR count). The van der Waals surface area contributed by atoms with Gasteiger partial charge >= 0.3 is 0 Å². The van der Waals surface area contributed by atoms with Crippen LogP contribution in [0.5, 0.6) is 0 Å². The van der Waals surface area contributed by atoms with Crippen LogP contribution in [0.25, 0.3) is 0 Å². The van der Waals surface area contributed by atoms with Crippen LogP contribution in [0.4, 0.5) is 0 Å². The van der Waals surface area contributed by atoms with Crippen molar-refractivity contribution >= 4 is 7.85 Å². The predicted molar refractivity (Wildman–Crippen MR) is 73.4 cm³/mol. The van der Waals surface area contributed by atoms with Gasteiger partial charge in [-0.2, -0.15) is 0 Å². The van der Waals surface area contributed by atoms with Gasteiger partial charge in [-0.3, -0.25) is 0 Å². The molecular weight excluding hydrogens is 191 g/mol. The molecule has 2 radical (unpaired) electrons. The smallest absolute Gasteiger partial charge is 0.0673 e. The van der Waals surface area contributed by atoms with Crippen molar-refractivity contribution in [3.8, 4) is 0 Å². The Morgan fingerprint density at radius 1 is 0.938 bits per heavy atom. The predicted octanol–water partition coefficient (Wildman–Crippen LogP) is 4.45.